The fourth-order valence-corrected chi connectivity index (χ4v) is 3.70. The molecule has 36 heavy (non-hydrogen) atoms. The van der Waals surface area contributed by atoms with Crippen LogP contribution in [0.25, 0.3) is 0 Å². The van der Waals surface area contributed by atoms with Crippen LogP contribution in [-0.2, 0) is 16.2 Å². The Hall–Kier alpha value is -2.84. The van der Waals surface area contributed by atoms with E-state index in [2.05, 4.69) is 31.1 Å². The van der Waals surface area contributed by atoms with Gasteiger partial charge in [0.05, 0.1) is 29.6 Å². The van der Waals surface area contributed by atoms with E-state index >= 15 is 0 Å². The number of carbonyl (C=O) groups is 1. The number of amides is 1. The second-order valence-corrected chi connectivity index (χ2v) is 10.1. The largest absolute Gasteiger partial charge is 0.495 e. The number of alkyl halides is 3. The van der Waals surface area contributed by atoms with Gasteiger partial charge in [-0.2, -0.15) is 18.2 Å². The molecule has 1 aromatic carbocycles. The third-order valence-electron chi connectivity index (χ3n) is 5.05. The van der Waals surface area contributed by atoms with Gasteiger partial charge in [-0.25, -0.2) is 18.5 Å². The molecular weight excluding hydrogens is 525 g/mol. The Morgan fingerprint density at radius 3 is 2.36 bits per heavy atom. The van der Waals surface area contributed by atoms with E-state index in [1.165, 1.54) is 26.3 Å². The number of nitrogens with one attached hydrogen (secondary N) is 3. The molecular formula is C21H28ClF3N6O4S. The SMILES string of the molecule is CNC(=O)c1cc(OC)c(Nc2ncc(C(F)(F)F)c(NC3CCCCC3)n2)cc1Cl.CS(N)(=O)=O. The van der Waals surface area contributed by atoms with Gasteiger partial charge in [-0.15, -0.1) is 0 Å². The fraction of sp³-hybridized carbons (Fsp3) is 0.476. The van der Waals surface area contributed by atoms with Crippen molar-refractivity contribution in [1.82, 2.24) is 15.3 Å². The van der Waals surface area contributed by atoms with Crippen LogP contribution in [-0.4, -0.2) is 50.7 Å². The number of carbonyl (C=O) groups excluding carboxylic acids is 1. The third-order valence-corrected chi connectivity index (χ3v) is 5.36. The average Bonchev–Trinajstić information content (AvgIpc) is 2.78. The number of hydrogen-bond donors (Lipinski definition) is 4. The standard InChI is InChI=1S/C20H23ClF3N5O2.CH5NO2S/c1-25-18(30)12-8-16(31-2)15(9-14(12)21)28-19-26-10-13(20(22,23)24)17(29-19)27-11-6-4-3-5-7-11;1-5(2,3)4/h8-11H,3-7H2,1-2H3,(H,25,30)(H2,26,27,28,29);1H3,(H2,2,3,4). The molecule has 1 heterocycles. The van der Waals surface area contributed by atoms with Gasteiger partial charge < -0.3 is 20.7 Å². The summed E-state index contributed by atoms with van der Waals surface area (Å²) in [6.07, 6.45) is 1.66. The van der Waals surface area contributed by atoms with Crippen molar-refractivity contribution in [3.05, 3.63) is 34.5 Å². The van der Waals surface area contributed by atoms with Gasteiger partial charge in [0.2, 0.25) is 16.0 Å². The number of anilines is 3. The van der Waals surface area contributed by atoms with Crippen LogP contribution < -0.4 is 25.8 Å². The van der Waals surface area contributed by atoms with Gasteiger partial charge in [-0.3, -0.25) is 4.79 Å². The van der Waals surface area contributed by atoms with Crippen LogP contribution in [0, 0.1) is 0 Å². The number of benzene rings is 1. The predicted molar refractivity (Wildman–Crippen MR) is 131 cm³/mol. The van der Waals surface area contributed by atoms with Gasteiger partial charge in [0.1, 0.15) is 17.1 Å². The average molecular weight is 553 g/mol. The number of ether oxygens (including phenoxy) is 1. The second-order valence-electron chi connectivity index (χ2n) is 8.00. The molecule has 15 heteroatoms. The lowest BCUT2D eigenvalue weighted by molar-refractivity contribution is -0.137. The van der Waals surface area contributed by atoms with E-state index in [4.69, 9.17) is 16.3 Å². The maximum Gasteiger partial charge on any atom is 0.421 e. The monoisotopic (exact) mass is 552 g/mol. The normalized spacial score (nSPS) is 14.3. The maximum absolute atomic E-state index is 13.5. The van der Waals surface area contributed by atoms with Crippen molar-refractivity contribution < 1.29 is 31.1 Å². The summed E-state index contributed by atoms with van der Waals surface area (Å²) in [6, 6.07) is 2.78. The fourth-order valence-electron chi connectivity index (χ4n) is 3.45. The molecule has 1 fully saturated rings. The minimum absolute atomic E-state index is 0.0617. The summed E-state index contributed by atoms with van der Waals surface area (Å²) in [5.74, 6) is -0.481. The van der Waals surface area contributed by atoms with Crippen molar-refractivity contribution in [2.24, 2.45) is 5.14 Å². The summed E-state index contributed by atoms with van der Waals surface area (Å²) in [5, 5.41) is 12.7. The van der Waals surface area contributed by atoms with E-state index in [9.17, 15) is 26.4 Å². The zero-order chi connectivity index (χ0) is 27.1. The highest BCUT2D eigenvalue weighted by Crippen LogP contribution is 2.37. The number of primary sulfonamides is 1. The molecule has 2 aromatic rings. The van der Waals surface area contributed by atoms with Crippen molar-refractivity contribution in [3.8, 4) is 5.75 Å². The summed E-state index contributed by atoms with van der Waals surface area (Å²) in [4.78, 5) is 19.8. The van der Waals surface area contributed by atoms with Crippen LogP contribution in [0.15, 0.2) is 18.3 Å². The number of hydrogen-bond acceptors (Lipinski definition) is 8. The molecule has 0 aliphatic heterocycles. The van der Waals surface area contributed by atoms with Crippen molar-refractivity contribution in [1.29, 1.82) is 0 Å². The topological polar surface area (TPSA) is 148 Å². The molecule has 0 spiro atoms. The minimum Gasteiger partial charge on any atom is -0.495 e. The predicted octanol–water partition coefficient (Wildman–Crippen LogP) is 3.91. The van der Waals surface area contributed by atoms with Gasteiger partial charge in [0.25, 0.3) is 5.91 Å². The van der Waals surface area contributed by atoms with Crippen molar-refractivity contribution in [2.45, 2.75) is 44.3 Å². The van der Waals surface area contributed by atoms with Gasteiger partial charge in [-0.05, 0) is 25.0 Å². The highest BCUT2D eigenvalue weighted by Gasteiger charge is 2.36. The summed E-state index contributed by atoms with van der Waals surface area (Å²) in [7, 11) is -0.306. The van der Waals surface area contributed by atoms with Gasteiger partial charge in [0.15, 0.2) is 0 Å². The highest BCUT2D eigenvalue weighted by molar-refractivity contribution is 7.88. The van der Waals surface area contributed by atoms with Gasteiger partial charge in [0, 0.05) is 19.3 Å². The number of nitrogens with two attached hydrogens (primary N) is 1. The number of sulfonamides is 1. The summed E-state index contributed by atoms with van der Waals surface area (Å²) < 4.78 is 64.5. The number of halogens is 4. The zero-order valence-electron chi connectivity index (χ0n) is 19.9. The molecule has 3 rings (SSSR count). The lowest BCUT2D eigenvalue weighted by atomic mass is 9.95. The van der Waals surface area contributed by atoms with Crippen molar-refractivity contribution in [3.63, 3.8) is 0 Å². The Labute approximate surface area is 212 Å². The molecule has 1 saturated carbocycles. The molecule has 0 bridgehead atoms. The maximum atomic E-state index is 13.5. The van der Waals surface area contributed by atoms with E-state index in [-0.39, 0.29) is 34.1 Å². The Kier molecular flexibility index (Phi) is 10.1. The summed E-state index contributed by atoms with van der Waals surface area (Å²) in [5.41, 5.74) is -0.424. The molecule has 1 aromatic heterocycles. The van der Waals surface area contributed by atoms with Gasteiger partial charge >= 0.3 is 6.18 Å². The molecule has 1 aliphatic rings. The quantitative estimate of drug-likeness (QED) is 0.421. The number of nitrogens with zero attached hydrogens (tertiary/aromatic N) is 2. The van der Waals surface area contributed by atoms with Crippen LogP contribution in [0.2, 0.25) is 5.02 Å². The minimum atomic E-state index is -4.59. The third kappa shape index (κ3) is 8.99. The lowest BCUT2D eigenvalue weighted by Crippen LogP contribution is -2.25. The van der Waals surface area contributed by atoms with Crippen LogP contribution in [0.4, 0.5) is 30.6 Å². The van der Waals surface area contributed by atoms with Crippen molar-refractivity contribution in [2.75, 3.05) is 31.0 Å². The van der Waals surface area contributed by atoms with E-state index in [1.807, 2.05) is 0 Å². The Morgan fingerprint density at radius 1 is 1.22 bits per heavy atom. The first-order chi connectivity index (χ1) is 16.7. The molecule has 1 aliphatic carbocycles. The molecule has 0 unspecified atom stereocenters. The Balaban J connectivity index is 0.000000830. The number of rotatable bonds is 6. The molecule has 0 saturated heterocycles. The lowest BCUT2D eigenvalue weighted by Gasteiger charge is -2.25. The molecule has 10 nitrogen and oxygen atoms in total. The first-order valence-corrected chi connectivity index (χ1v) is 13.1. The second kappa shape index (κ2) is 12.4. The van der Waals surface area contributed by atoms with E-state index < -0.39 is 27.7 Å². The molecule has 5 N–H and O–H groups in total. The first kappa shape index (κ1) is 29.4. The smallest absolute Gasteiger partial charge is 0.421 e. The van der Waals surface area contributed by atoms with Crippen LogP contribution in [0.1, 0.15) is 48.0 Å². The van der Waals surface area contributed by atoms with Crippen LogP contribution >= 0.6 is 11.6 Å². The summed E-state index contributed by atoms with van der Waals surface area (Å²) in [6.45, 7) is 0. The zero-order valence-corrected chi connectivity index (χ0v) is 21.4. The molecule has 0 atom stereocenters. The molecule has 0 radical (unpaired) electrons. The number of methoxy groups -OCH3 is 1. The summed E-state index contributed by atoms with van der Waals surface area (Å²) >= 11 is 6.19. The molecule has 200 valence electrons. The highest BCUT2D eigenvalue weighted by atomic mass is 35.5. The van der Waals surface area contributed by atoms with Crippen molar-refractivity contribution >= 4 is 45.0 Å². The number of aromatic nitrogens is 2. The Morgan fingerprint density at radius 2 is 1.83 bits per heavy atom. The van der Waals surface area contributed by atoms with Gasteiger partial charge in [-0.1, -0.05) is 30.9 Å². The van der Waals surface area contributed by atoms with Crippen LogP contribution in [0.3, 0.4) is 0 Å². The van der Waals surface area contributed by atoms with E-state index in [0.29, 0.717) is 5.69 Å². The van der Waals surface area contributed by atoms with E-state index in [0.717, 1.165) is 44.6 Å². The first-order valence-electron chi connectivity index (χ1n) is 10.8. The Bertz CT molecular complexity index is 1170. The van der Waals surface area contributed by atoms with Crippen LogP contribution in [0.5, 0.6) is 5.75 Å². The molecule has 1 amide bonds. The van der Waals surface area contributed by atoms with E-state index in [1.54, 1.807) is 0 Å².